The van der Waals surface area contributed by atoms with Crippen LogP contribution in [0, 0.1) is 17.8 Å². The lowest BCUT2D eigenvalue weighted by atomic mass is 9.68. The van der Waals surface area contributed by atoms with Crippen molar-refractivity contribution < 1.29 is 19.2 Å². The van der Waals surface area contributed by atoms with E-state index in [-0.39, 0.29) is 29.3 Å². The van der Waals surface area contributed by atoms with Crippen LogP contribution in [0.15, 0.2) is 0 Å². The van der Waals surface area contributed by atoms with E-state index in [9.17, 15) is 19.2 Å². The van der Waals surface area contributed by atoms with Gasteiger partial charge in [0.2, 0.25) is 0 Å². The van der Waals surface area contributed by atoms with E-state index in [1.807, 2.05) is 0 Å². The average Bonchev–Trinajstić information content (AvgIpc) is 2.53. The molecule has 0 aromatic rings. The molecule has 4 heteroatoms. The summed E-state index contributed by atoms with van der Waals surface area (Å²) < 4.78 is 0. The molecule has 3 unspecified atom stereocenters. The average molecular weight is 320 g/mol. The van der Waals surface area contributed by atoms with Crippen LogP contribution in [0.3, 0.4) is 0 Å². The largest absolute Gasteiger partial charge is 0.300 e. The second-order valence-corrected chi connectivity index (χ2v) is 7.30. The molecule has 2 saturated carbocycles. The molecular weight excluding hydrogens is 292 g/mol. The number of Topliss-reactive ketones (excluding diaryl/α,β-unsaturated/α-hetero) is 4. The highest BCUT2D eigenvalue weighted by atomic mass is 16.1. The molecule has 2 aliphatic carbocycles. The monoisotopic (exact) mass is 320 g/mol. The van der Waals surface area contributed by atoms with Gasteiger partial charge in [0.25, 0.3) is 0 Å². The first kappa shape index (κ1) is 18.0. The second kappa shape index (κ2) is 8.51. The Balaban J connectivity index is 1.99. The highest BCUT2D eigenvalue weighted by molar-refractivity contribution is 5.87. The molecule has 0 N–H and O–H groups in total. The quantitative estimate of drug-likeness (QED) is 0.795. The van der Waals surface area contributed by atoms with Gasteiger partial charge in [-0.15, -0.1) is 0 Å². The SMILES string of the molecule is CC(=O)CCC(=O)C1CCC2C(=O)CCCCC(=O)CCC2C1. The maximum absolute atomic E-state index is 12.4. The zero-order valence-corrected chi connectivity index (χ0v) is 14.1. The van der Waals surface area contributed by atoms with E-state index in [4.69, 9.17) is 0 Å². The van der Waals surface area contributed by atoms with Crippen LogP contribution in [0.1, 0.15) is 77.6 Å². The summed E-state index contributed by atoms with van der Waals surface area (Å²) in [5.41, 5.74) is 0. The third-order valence-corrected chi connectivity index (χ3v) is 5.50. The molecule has 0 spiro atoms. The molecule has 0 aromatic heterocycles. The number of hydrogen-bond acceptors (Lipinski definition) is 4. The lowest BCUT2D eigenvalue weighted by Gasteiger charge is -2.35. The number of hydrogen-bond donors (Lipinski definition) is 0. The van der Waals surface area contributed by atoms with Gasteiger partial charge in [-0.25, -0.2) is 0 Å². The number of carbonyl (C=O) groups excluding carboxylic acids is 4. The van der Waals surface area contributed by atoms with Crippen molar-refractivity contribution in [3.63, 3.8) is 0 Å². The minimum absolute atomic E-state index is 0.0264. The predicted octanol–water partition coefficient (Wildman–Crippen LogP) is 3.45. The predicted molar refractivity (Wildman–Crippen MR) is 87.0 cm³/mol. The van der Waals surface area contributed by atoms with E-state index in [1.165, 1.54) is 6.92 Å². The lowest BCUT2D eigenvalue weighted by molar-refractivity contribution is -0.132. The molecule has 0 bridgehead atoms. The Hall–Kier alpha value is -1.32. The van der Waals surface area contributed by atoms with Gasteiger partial charge in [0.15, 0.2) is 0 Å². The minimum Gasteiger partial charge on any atom is -0.300 e. The fourth-order valence-corrected chi connectivity index (χ4v) is 4.08. The first-order chi connectivity index (χ1) is 11.0. The van der Waals surface area contributed by atoms with E-state index < -0.39 is 0 Å². The summed E-state index contributed by atoms with van der Waals surface area (Å²) in [4.78, 5) is 47.6. The highest BCUT2D eigenvalue weighted by Gasteiger charge is 2.37. The Labute approximate surface area is 138 Å². The smallest absolute Gasteiger partial charge is 0.136 e. The Kier molecular flexibility index (Phi) is 6.67. The first-order valence-electron chi connectivity index (χ1n) is 9.04. The van der Waals surface area contributed by atoms with Crippen LogP contribution < -0.4 is 0 Å². The van der Waals surface area contributed by atoms with Gasteiger partial charge in [0.1, 0.15) is 23.1 Å². The Bertz CT molecular complexity index is 480. The fourth-order valence-electron chi connectivity index (χ4n) is 4.08. The molecule has 0 saturated heterocycles. The van der Waals surface area contributed by atoms with Crippen molar-refractivity contribution in [1.29, 1.82) is 0 Å². The van der Waals surface area contributed by atoms with E-state index in [0.29, 0.717) is 43.7 Å². The number of fused-ring (bicyclic) bond motifs is 1. The zero-order chi connectivity index (χ0) is 16.8. The molecule has 128 valence electrons. The third kappa shape index (κ3) is 5.36. The molecule has 0 amide bonds. The van der Waals surface area contributed by atoms with Crippen molar-refractivity contribution >= 4 is 23.1 Å². The van der Waals surface area contributed by atoms with E-state index >= 15 is 0 Å². The van der Waals surface area contributed by atoms with E-state index in [2.05, 4.69) is 0 Å². The van der Waals surface area contributed by atoms with Crippen LogP contribution in [-0.4, -0.2) is 23.1 Å². The fraction of sp³-hybridized carbons (Fsp3) is 0.789. The molecule has 0 radical (unpaired) electrons. The van der Waals surface area contributed by atoms with Gasteiger partial charge in [-0.05, 0) is 51.4 Å². The normalized spacial score (nSPS) is 29.7. The molecule has 0 heterocycles. The van der Waals surface area contributed by atoms with Crippen LogP contribution >= 0.6 is 0 Å². The van der Waals surface area contributed by atoms with Crippen molar-refractivity contribution in [2.45, 2.75) is 77.6 Å². The third-order valence-electron chi connectivity index (χ3n) is 5.50. The van der Waals surface area contributed by atoms with E-state index in [1.54, 1.807) is 0 Å². The lowest BCUT2D eigenvalue weighted by Crippen LogP contribution is -2.34. The van der Waals surface area contributed by atoms with Gasteiger partial charge >= 0.3 is 0 Å². The minimum atomic E-state index is -0.0264. The van der Waals surface area contributed by atoms with Gasteiger partial charge in [0.05, 0.1) is 0 Å². The summed E-state index contributed by atoms with van der Waals surface area (Å²) in [5, 5.41) is 0. The summed E-state index contributed by atoms with van der Waals surface area (Å²) in [6.07, 6.45) is 7.00. The molecule has 23 heavy (non-hydrogen) atoms. The van der Waals surface area contributed by atoms with Crippen molar-refractivity contribution in [3.05, 3.63) is 0 Å². The van der Waals surface area contributed by atoms with Crippen LogP contribution in [0.2, 0.25) is 0 Å². The van der Waals surface area contributed by atoms with Gasteiger partial charge in [-0.3, -0.25) is 14.4 Å². The molecule has 0 aliphatic heterocycles. The Morgan fingerprint density at radius 3 is 2.43 bits per heavy atom. The second-order valence-electron chi connectivity index (χ2n) is 7.30. The van der Waals surface area contributed by atoms with Gasteiger partial charge in [-0.2, -0.15) is 0 Å². The van der Waals surface area contributed by atoms with Crippen molar-refractivity contribution in [3.8, 4) is 0 Å². The van der Waals surface area contributed by atoms with Crippen LogP contribution in [-0.2, 0) is 19.2 Å². The molecule has 2 fully saturated rings. The summed E-state index contributed by atoms with van der Waals surface area (Å²) >= 11 is 0. The number of ketones is 4. The van der Waals surface area contributed by atoms with Gasteiger partial charge in [-0.1, -0.05) is 0 Å². The molecule has 4 nitrogen and oxygen atoms in total. The summed E-state index contributed by atoms with van der Waals surface area (Å²) in [5.74, 6) is 1.02. The highest BCUT2D eigenvalue weighted by Crippen LogP contribution is 2.39. The number of carbonyl (C=O) groups is 4. The maximum atomic E-state index is 12.4. The summed E-state index contributed by atoms with van der Waals surface area (Å²) in [7, 11) is 0. The summed E-state index contributed by atoms with van der Waals surface area (Å²) in [6.45, 7) is 1.51. The van der Waals surface area contributed by atoms with E-state index in [0.717, 1.165) is 38.5 Å². The molecular formula is C19H28O4. The van der Waals surface area contributed by atoms with Gasteiger partial charge in [0, 0.05) is 43.9 Å². The maximum Gasteiger partial charge on any atom is 0.136 e. The summed E-state index contributed by atoms with van der Waals surface area (Å²) in [6, 6.07) is 0. The van der Waals surface area contributed by atoms with Crippen molar-refractivity contribution in [1.82, 2.24) is 0 Å². The van der Waals surface area contributed by atoms with Gasteiger partial charge < -0.3 is 4.79 Å². The first-order valence-corrected chi connectivity index (χ1v) is 9.04. The number of rotatable bonds is 4. The zero-order valence-electron chi connectivity index (χ0n) is 14.1. The molecule has 3 atom stereocenters. The van der Waals surface area contributed by atoms with Crippen molar-refractivity contribution in [2.75, 3.05) is 0 Å². The van der Waals surface area contributed by atoms with Crippen LogP contribution in [0.25, 0.3) is 0 Å². The molecule has 2 rings (SSSR count). The molecule has 2 aliphatic rings. The Morgan fingerprint density at radius 1 is 0.957 bits per heavy atom. The molecule has 0 aromatic carbocycles. The van der Waals surface area contributed by atoms with Crippen LogP contribution in [0.5, 0.6) is 0 Å². The topological polar surface area (TPSA) is 68.3 Å². The standard InChI is InChI=1S/C19H28O4/c1-13(20)6-11-18(22)15-8-10-17-14(12-15)7-9-16(21)4-2-3-5-19(17)23/h14-15,17H,2-12H2,1H3. The van der Waals surface area contributed by atoms with Crippen LogP contribution in [0.4, 0.5) is 0 Å². The van der Waals surface area contributed by atoms with Crippen molar-refractivity contribution in [2.24, 2.45) is 17.8 Å². The Morgan fingerprint density at radius 2 is 1.70 bits per heavy atom.